The highest BCUT2D eigenvalue weighted by atomic mass is 35.5. The highest BCUT2D eigenvalue weighted by Gasteiger charge is 2.15. The number of aromatic nitrogens is 3. The number of hydrogen-bond acceptors (Lipinski definition) is 7. The fourth-order valence-corrected chi connectivity index (χ4v) is 3.33. The minimum Gasteiger partial charge on any atom is -0.497 e. The summed E-state index contributed by atoms with van der Waals surface area (Å²) in [6.45, 7) is 0. The zero-order chi connectivity index (χ0) is 17.1. The largest absolute Gasteiger partial charge is 0.497 e. The van der Waals surface area contributed by atoms with Crippen LogP contribution in [0.25, 0.3) is 11.3 Å². The van der Waals surface area contributed by atoms with E-state index in [1.807, 2.05) is 24.3 Å². The van der Waals surface area contributed by atoms with Crippen LogP contribution in [0, 0.1) is 0 Å². The van der Waals surface area contributed by atoms with Gasteiger partial charge < -0.3 is 15.2 Å². The molecular formula is C16H15ClN4O2S. The van der Waals surface area contributed by atoms with Crippen molar-refractivity contribution < 1.29 is 9.47 Å². The number of nitrogen functional groups attached to an aromatic ring is 1. The standard InChI is InChI=1S/C16H15ClN4O2S/c1-22-11-5-9(6-12(8-11)23-2)14-13(24-16(18)21-14)7-10-3-4-19-15(17)20-10/h3-6,8H,7H2,1-2H3,(H2,18,21). The van der Waals surface area contributed by atoms with Crippen LogP contribution in [-0.4, -0.2) is 29.2 Å². The van der Waals surface area contributed by atoms with Gasteiger partial charge in [0.05, 0.1) is 25.6 Å². The Morgan fingerprint density at radius 1 is 1.12 bits per heavy atom. The SMILES string of the molecule is COc1cc(OC)cc(-c2nc(N)sc2Cc2ccnc(Cl)n2)c1. The average molecular weight is 363 g/mol. The predicted octanol–water partition coefficient (Wildman–Crippen LogP) is 3.44. The first-order valence-corrected chi connectivity index (χ1v) is 8.24. The summed E-state index contributed by atoms with van der Waals surface area (Å²) in [7, 11) is 3.22. The van der Waals surface area contributed by atoms with Gasteiger partial charge in [0.25, 0.3) is 0 Å². The monoisotopic (exact) mass is 362 g/mol. The molecular weight excluding hydrogens is 348 g/mol. The molecule has 0 radical (unpaired) electrons. The molecule has 2 aromatic heterocycles. The third-order valence-electron chi connectivity index (χ3n) is 3.36. The molecule has 0 unspecified atom stereocenters. The summed E-state index contributed by atoms with van der Waals surface area (Å²) in [5.74, 6) is 1.37. The van der Waals surface area contributed by atoms with E-state index in [-0.39, 0.29) is 5.28 Å². The minimum atomic E-state index is 0.217. The molecule has 8 heteroatoms. The molecule has 124 valence electrons. The second kappa shape index (κ2) is 7.02. The number of benzene rings is 1. The lowest BCUT2D eigenvalue weighted by Gasteiger charge is -2.08. The molecule has 0 fully saturated rings. The molecule has 0 aliphatic rings. The van der Waals surface area contributed by atoms with E-state index in [9.17, 15) is 0 Å². The molecule has 0 spiro atoms. The van der Waals surface area contributed by atoms with Gasteiger partial charge in [-0.15, -0.1) is 11.3 Å². The number of nitrogens with two attached hydrogens (primary N) is 1. The van der Waals surface area contributed by atoms with Crippen molar-refractivity contribution in [3.63, 3.8) is 0 Å². The van der Waals surface area contributed by atoms with Gasteiger partial charge in [-0.1, -0.05) is 0 Å². The van der Waals surface area contributed by atoms with E-state index in [4.69, 9.17) is 26.8 Å². The van der Waals surface area contributed by atoms with Crippen LogP contribution in [0.1, 0.15) is 10.6 Å². The molecule has 1 aromatic carbocycles. The first-order chi connectivity index (χ1) is 11.6. The summed E-state index contributed by atoms with van der Waals surface area (Å²) in [5, 5.41) is 0.705. The van der Waals surface area contributed by atoms with Gasteiger partial charge in [0.2, 0.25) is 5.28 Å². The lowest BCUT2D eigenvalue weighted by Crippen LogP contribution is -1.95. The van der Waals surface area contributed by atoms with E-state index in [1.165, 1.54) is 11.3 Å². The Balaban J connectivity index is 2.03. The molecule has 0 atom stereocenters. The summed E-state index contributed by atoms with van der Waals surface area (Å²) >= 11 is 7.28. The second-order valence-electron chi connectivity index (χ2n) is 4.92. The molecule has 0 aliphatic carbocycles. The fourth-order valence-electron chi connectivity index (χ4n) is 2.29. The van der Waals surface area contributed by atoms with Gasteiger partial charge in [0.1, 0.15) is 11.5 Å². The van der Waals surface area contributed by atoms with Crippen LogP contribution in [-0.2, 0) is 6.42 Å². The molecule has 24 heavy (non-hydrogen) atoms. The third-order valence-corrected chi connectivity index (χ3v) is 4.43. The normalized spacial score (nSPS) is 10.6. The lowest BCUT2D eigenvalue weighted by molar-refractivity contribution is 0.394. The van der Waals surface area contributed by atoms with E-state index in [2.05, 4.69) is 15.0 Å². The van der Waals surface area contributed by atoms with Crippen LogP contribution in [0.5, 0.6) is 11.5 Å². The third kappa shape index (κ3) is 3.58. The van der Waals surface area contributed by atoms with Crippen molar-refractivity contribution in [2.75, 3.05) is 20.0 Å². The molecule has 0 aliphatic heterocycles. The lowest BCUT2D eigenvalue weighted by atomic mass is 10.1. The van der Waals surface area contributed by atoms with Crippen molar-refractivity contribution in [3.8, 4) is 22.8 Å². The van der Waals surface area contributed by atoms with Crippen LogP contribution < -0.4 is 15.2 Å². The highest BCUT2D eigenvalue weighted by Crippen LogP contribution is 2.35. The van der Waals surface area contributed by atoms with E-state index in [0.29, 0.717) is 23.1 Å². The van der Waals surface area contributed by atoms with E-state index in [0.717, 1.165) is 21.8 Å². The minimum absolute atomic E-state index is 0.217. The summed E-state index contributed by atoms with van der Waals surface area (Å²) in [4.78, 5) is 13.6. The maximum Gasteiger partial charge on any atom is 0.222 e. The van der Waals surface area contributed by atoms with Crippen molar-refractivity contribution in [2.45, 2.75) is 6.42 Å². The van der Waals surface area contributed by atoms with Crippen LogP contribution in [0.3, 0.4) is 0 Å². The second-order valence-corrected chi connectivity index (χ2v) is 6.37. The van der Waals surface area contributed by atoms with Crippen molar-refractivity contribution in [3.05, 3.63) is 46.3 Å². The van der Waals surface area contributed by atoms with E-state index in [1.54, 1.807) is 20.4 Å². The zero-order valence-electron chi connectivity index (χ0n) is 13.1. The molecule has 2 heterocycles. The predicted molar refractivity (Wildman–Crippen MR) is 94.9 cm³/mol. The average Bonchev–Trinajstić information content (AvgIpc) is 2.94. The maximum absolute atomic E-state index is 5.93. The fraction of sp³-hybridized carbons (Fsp3) is 0.188. The smallest absolute Gasteiger partial charge is 0.222 e. The summed E-state index contributed by atoms with van der Waals surface area (Å²) < 4.78 is 10.7. The molecule has 3 rings (SSSR count). The summed E-state index contributed by atoms with van der Waals surface area (Å²) in [6.07, 6.45) is 2.19. The number of ether oxygens (including phenoxy) is 2. The van der Waals surface area contributed by atoms with Crippen molar-refractivity contribution in [2.24, 2.45) is 0 Å². The molecule has 0 saturated carbocycles. The molecule has 6 nitrogen and oxygen atoms in total. The number of rotatable bonds is 5. The van der Waals surface area contributed by atoms with E-state index >= 15 is 0 Å². The van der Waals surface area contributed by atoms with Crippen LogP contribution in [0.4, 0.5) is 5.13 Å². The molecule has 0 bridgehead atoms. The van der Waals surface area contributed by atoms with Crippen molar-refractivity contribution >= 4 is 28.1 Å². The van der Waals surface area contributed by atoms with Gasteiger partial charge in [-0.05, 0) is 29.8 Å². The summed E-state index contributed by atoms with van der Waals surface area (Å²) in [5.41, 5.74) is 8.38. The number of hydrogen-bond donors (Lipinski definition) is 1. The first kappa shape index (κ1) is 16.5. The molecule has 0 saturated heterocycles. The molecule has 2 N–H and O–H groups in total. The topological polar surface area (TPSA) is 83.2 Å². The Bertz CT molecular complexity index is 847. The Labute approximate surface area is 148 Å². The number of halogens is 1. The Morgan fingerprint density at radius 2 is 1.83 bits per heavy atom. The highest BCUT2D eigenvalue weighted by molar-refractivity contribution is 7.15. The van der Waals surface area contributed by atoms with Gasteiger partial charge in [-0.3, -0.25) is 0 Å². The number of methoxy groups -OCH3 is 2. The number of anilines is 1. The number of nitrogens with zero attached hydrogens (tertiary/aromatic N) is 3. The van der Waals surface area contributed by atoms with Gasteiger partial charge in [-0.2, -0.15) is 0 Å². The van der Waals surface area contributed by atoms with E-state index < -0.39 is 0 Å². The van der Waals surface area contributed by atoms with Crippen LogP contribution in [0.15, 0.2) is 30.5 Å². The maximum atomic E-state index is 5.93. The summed E-state index contributed by atoms with van der Waals surface area (Å²) in [6, 6.07) is 7.42. The molecule has 0 amide bonds. The van der Waals surface area contributed by atoms with Crippen molar-refractivity contribution in [1.29, 1.82) is 0 Å². The molecule has 3 aromatic rings. The Kier molecular flexibility index (Phi) is 4.82. The first-order valence-electron chi connectivity index (χ1n) is 7.05. The quantitative estimate of drug-likeness (QED) is 0.700. The van der Waals surface area contributed by atoms with Crippen LogP contribution in [0.2, 0.25) is 5.28 Å². The van der Waals surface area contributed by atoms with Crippen molar-refractivity contribution in [1.82, 2.24) is 15.0 Å². The van der Waals surface area contributed by atoms with Gasteiger partial charge in [0, 0.05) is 29.1 Å². The van der Waals surface area contributed by atoms with Gasteiger partial charge in [0.15, 0.2) is 5.13 Å². The Hall–Kier alpha value is -2.38. The van der Waals surface area contributed by atoms with Gasteiger partial charge in [-0.25, -0.2) is 15.0 Å². The van der Waals surface area contributed by atoms with Gasteiger partial charge >= 0.3 is 0 Å². The zero-order valence-corrected chi connectivity index (χ0v) is 14.7. The van der Waals surface area contributed by atoms with Crippen LogP contribution >= 0.6 is 22.9 Å². The number of thiazole rings is 1. The Morgan fingerprint density at radius 3 is 2.46 bits per heavy atom.